The molecule has 98 valence electrons. The van der Waals surface area contributed by atoms with Crippen LogP contribution in [-0.2, 0) is 4.74 Å². The Morgan fingerprint density at radius 3 is 2.74 bits per heavy atom. The minimum absolute atomic E-state index is 0.297. The minimum atomic E-state index is -0.452. The van der Waals surface area contributed by atoms with Crippen LogP contribution in [0.25, 0.3) is 0 Å². The molecule has 5 nitrogen and oxygen atoms in total. The fourth-order valence-corrected chi connectivity index (χ4v) is 2.25. The van der Waals surface area contributed by atoms with Crippen LogP contribution in [-0.4, -0.2) is 19.0 Å². The number of methoxy groups -OCH3 is 1. The SMILES string of the molecule is COC(=O)c1cccc(NC(=O)c2sccc2N)c1. The molecule has 1 aromatic carbocycles. The summed E-state index contributed by atoms with van der Waals surface area (Å²) in [7, 11) is 1.31. The maximum Gasteiger partial charge on any atom is 0.337 e. The first kappa shape index (κ1) is 13.1. The van der Waals surface area contributed by atoms with Crippen molar-refractivity contribution in [2.45, 2.75) is 0 Å². The molecule has 6 heteroatoms. The molecule has 0 bridgehead atoms. The molecule has 1 heterocycles. The summed E-state index contributed by atoms with van der Waals surface area (Å²) >= 11 is 1.26. The largest absolute Gasteiger partial charge is 0.465 e. The zero-order valence-electron chi connectivity index (χ0n) is 10.2. The quantitative estimate of drug-likeness (QED) is 0.843. The zero-order chi connectivity index (χ0) is 13.8. The Kier molecular flexibility index (Phi) is 3.82. The summed E-state index contributed by atoms with van der Waals surface area (Å²) in [4.78, 5) is 23.8. The van der Waals surface area contributed by atoms with E-state index in [0.29, 0.717) is 21.8 Å². The molecule has 0 saturated heterocycles. The third-order valence-electron chi connectivity index (χ3n) is 2.44. The molecule has 0 radical (unpaired) electrons. The van der Waals surface area contributed by atoms with Gasteiger partial charge in [0.15, 0.2) is 0 Å². The summed E-state index contributed by atoms with van der Waals surface area (Å²) in [6.45, 7) is 0. The van der Waals surface area contributed by atoms with Gasteiger partial charge in [0.2, 0.25) is 0 Å². The fraction of sp³-hybridized carbons (Fsp3) is 0.0769. The number of thiophene rings is 1. The van der Waals surface area contributed by atoms with E-state index in [4.69, 9.17) is 5.73 Å². The summed E-state index contributed by atoms with van der Waals surface area (Å²) in [6.07, 6.45) is 0. The van der Waals surface area contributed by atoms with Crippen molar-refractivity contribution in [2.24, 2.45) is 0 Å². The third-order valence-corrected chi connectivity index (χ3v) is 3.37. The van der Waals surface area contributed by atoms with Crippen LogP contribution in [0.4, 0.5) is 11.4 Å². The lowest BCUT2D eigenvalue weighted by Crippen LogP contribution is -2.12. The first-order valence-corrected chi connectivity index (χ1v) is 6.32. The highest BCUT2D eigenvalue weighted by Crippen LogP contribution is 2.21. The molecule has 0 fully saturated rings. The predicted molar refractivity (Wildman–Crippen MR) is 74.5 cm³/mol. The van der Waals surface area contributed by atoms with E-state index in [1.807, 2.05) is 0 Å². The van der Waals surface area contributed by atoms with E-state index < -0.39 is 5.97 Å². The number of nitrogens with two attached hydrogens (primary N) is 1. The Balaban J connectivity index is 2.18. The number of hydrogen-bond acceptors (Lipinski definition) is 5. The van der Waals surface area contributed by atoms with Gasteiger partial charge in [0.05, 0.1) is 18.4 Å². The van der Waals surface area contributed by atoms with E-state index in [0.717, 1.165) is 0 Å². The Morgan fingerprint density at radius 1 is 1.32 bits per heavy atom. The van der Waals surface area contributed by atoms with Crippen molar-refractivity contribution in [2.75, 3.05) is 18.2 Å². The first-order chi connectivity index (χ1) is 9.11. The van der Waals surface area contributed by atoms with Gasteiger partial charge >= 0.3 is 5.97 Å². The number of benzene rings is 1. The highest BCUT2D eigenvalue weighted by atomic mass is 32.1. The van der Waals surface area contributed by atoms with E-state index in [1.54, 1.807) is 35.7 Å². The first-order valence-electron chi connectivity index (χ1n) is 5.44. The van der Waals surface area contributed by atoms with Gasteiger partial charge in [-0.15, -0.1) is 11.3 Å². The van der Waals surface area contributed by atoms with Crippen molar-refractivity contribution in [1.29, 1.82) is 0 Å². The maximum absolute atomic E-state index is 11.9. The van der Waals surface area contributed by atoms with Gasteiger partial charge in [-0.05, 0) is 29.6 Å². The van der Waals surface area contributed by atoms with Gasteiger partial charge in [-0.2, -0.15) is 0 Å². The number of anilines is 2. The number of nitrogens with one attached hydrogen (secondary N) is 1. The molecular weight excluding hydrogens is 264 g/mol. The number of esters is 1. The Morgan fingerprint density at radius 2 is 2.11 bits per heavy atom. The molecule has 1 amide bonds. The Hall–Kier alpha value is -2.34. The topological polar surface area (TPSA) is 81.4 Å². The smallest absolute Gasteiger partial charge is 0.337 e. The number of ether oxygens (including phenoxy) is 1. The lowest BCUT2D eigenvalue weighted by Gasteiger charge is -2.06. The lowest BCUT2D eigenvalue weighted by molar-refractivity contribution is 0.0600. The molecule has 2 rings (SSSR count). The number of rotatable bonds is 3. The van der Waals surface area contributed by atoms with Crippen LogP contribution in [0.3, 0.4) is 0 Å². The van der Waals surface area contributed by atoms with Crippen molar-refractivity contribution < 1.29 is 14.3 Å². The number of carbonyl (C=O) groups excluding carboxylic acids is 2. The monoisotopic (exact) mass is 276 g/mol. The van der Waals surface area contributed by atoms with Gasteiger partial charge in [0.1, 0.15) is 4.88 Å². The second kappa shape index (κ2) is 5.53. The van der Waals surface area contributed by atoms with Gasteiger partial charge in [-0.1, -0.05) is 6.07 Å². The van der Waals surface area contributed by atoms with E-state index in [1.165, 1.54) is 18.4 Å². The van der Waals surface area contributed by atoms with Gasteiger partial charge in [0, 0.05) is 5.69 Å². The molecule has 0 spiro atoms. The van der Waals surface area contributed by atoms with E-state index in [2.05, 4.69) is 10.1 Å². The summed E-state index contributed by atoms with van der Waals surface area (Å²) in [5, 5.41) is 4.43. The molecule has 0 aliphatic heterocycles. The van der Waals surface area contributed by atoms with E-state index in [-0.39, 0.29) is 5.91 Å². The van der Waals surface area contributed by atoms with Crippen LogP contribution < -0.4 is 11.1 Å². The number of carbonyl (C=O) groups is 2. The van der Waals surface area contributed by atoms with Crippen molar-refractivity contribution in [3.05, 3.63) is 46.2 Å². The van der Waals surface area contributed by atoms with Gasteiger partial charge in [0.25, 0.3) is 5.91 Å². The van der Waals surface area contributed by atoms with Crippen LogP contribution in [0.5, 0.6) is 0 Å². The van der Waals surface area contributed by atoms with E-state index in [9.17, 15) is 9.59 Å². The number of hydrogen-bond donors (Lipinski definition) is 2. The highest BCUT2D eigenvalue weighted by Gasteiger charge is 2.12. The average Bonchev–Trinajstić information content (AvgIpc) is 2.84. The Labute approximate surface area is 114 Å². The average molecular weight is 276 g/mol. The van der Waals surface area contributed by atoms with E-state index >= 15 is 0 Å². The second-order valence-electron chi connectivity index (χ2n) is 3.73. The third kappa shape index (κ3) is 2.92. The molecule has 2 aromatic rings. The molecule has 0 saturated carbocycles. The zero-order valence-corrected chi connectivity index (χ0v) is 11.0. The molecule has 1 aromatic heterocycles. The van der Waals surface area contributed by atoms with Crippen LogP contribution in [0.1, 0.15) is 20.0 Å². The lowest BCUT2D eigenvalue weighted by atomic mass is 10.2. The molecule has 0 unspecified atom stereocenters. The van der Waals surface area contributed by atoms with Crippen LogP contribution >= 0.6 is 11.3 Å². The summed E-state index contributed by atoms with van der Waals surface area (Å²) < 4.78 is 4.62. The standard InChI is InChI=1S/C13H12N2O3S/c1-18-13(17)8-3-2-4-9(7-8)15-12(16)11-10(14)5-6-19-11/h2-7H,14H2,1H3,(H,15,16). The maximum atomic E-state index is 11.9. The van der Waals surface area contributed by atoms with Crippen molar-refractivity contribution in [3.8, 4) is 0 Å². The molecule has 3 N–H and O–H groups in total. The summed E-state index contributed by atoms with van der Waals surface area (Å²) in [6, 6.07) is 8.19. The molecule has 0 atom stereocenters. The molecule has 0 aliphatic carbocycles. The van der Waals surface area contributed by atoms with Gasteiger partial charge in [-0.3, -0.25) is 4.79 Å². The molecule has 19 heavy (non-hydrogen) atoms. The van der Waals surface area contributed by atoms with Crippen LogP contribution in [0.15, 0.2) is 35.7 Å². The predicted octanol–water partition coefficient (Wildman–Crippen LogP) is 2.37. The fourth-order valence-electron chi connectivity index (χ4n) is 1.53. The summed E-state index contributed by atoms with van der Waals surface area (Å²) in [5.41, 5.74) is 7.00. The Bertz CT molecular complexity index is 622. The van der Waals surface area contributed by atoms with Gasteiger partial charge < -0.3 is 15.8 Å². The molecular formula is C13H12N2O3S. The van der Waals surface area contributed by atoms with Crippen molar-refractivity contribution in [1.82, 2.24) is 0 Å². The van der Waals surface area contributed by atoms with Crippen molar-refractivity contribution >= 4 is 34.6 Å². The second-order valence-corrected chi connectivity index (χ2v) is 4.65. The van der Waals surface area contributed by atoms with Crippen molar-refractivity contribution in [3.63, 3.8) is 0 Å². The van der Waals surface area contributed by atoms with Gasteiger partial charge in [-0.25, -0.2) is 4.79 Å². The highest BCUT2D eigenvalue weighted by molar-refractivity contribution is 7.12. The summed E-state index contributed by atoms with van der Waals surface area (Å²) in [5.74, 6) is -0.749. The van der Waals surface area contributed by atoms with Crippen LogP contribution in [0.2, 0.25) is 0 Å². The molecule has 0 aliphatic rings. The van der Waals surface area contributed by atoms with Crippen LogP contribution in [0, 0.1) is 0 Å². The normalized spacial score (nSPS) is 9.95. The number of nitrogen functional groups attached to an aromatic ring is 1. The number of amides is 1. The minimum Gasteiger partial charge on any atom is -0.465 e.